The fourth-order valence-corrected chi connectivity index (χ4v) is 4.07. The fraction of sp³-hybridized carbons (Fsp3) is 0.333. The van der Waals surface area contributed by atoms with Crippen molar-refractivity contribution in [2.45, 2.75) is 6.92 Å². The largest absolute Gasteiger partial charge is 0.497 e. The Balaban J connectivity index is 1.33. The number of amides is 1. The summed E-state index contributed by atoms with van der Waals surface area (Å²) >= 11 is 0. The molecule has 10 heteroatoms. The lowest BCUT2D eigenvalue weighted by atomic mass is 10.1. The van der Waals surface area contributed by atoms with Crippen molar-refractivity contribution in [1.82, 2.24) is 15.1 Å². The van der Waals surface area contributed by atoms with Crippen LogP contribution in [0.4, 0.5) is 5.82 Å². The number of ketones is 1. The van der Waals surface area contributed by atoms with E-state index in [4.69, 9.17) is 18.9 Å². The van der Waals surface area contributed by atoms with Crippen molar-refractivity contribution in [3.63, 3.8) is 0 Å². The summed E-state index contributed by atoms with van der Waals surface area (Å²) in [6, 6.07) is 14.2. The van der Waals surface area contributed by atoms with Gasteiger partial charge in [-0.1, -0.05) is 0 Å². The van der Waals surface area contributed by atoms with Crippen LogP contribution in [0, 0.1) is 0 Å². The SMILES string of the molecule is COc1ccc(OC)c(-c2ccc(N3CCN(C(=O)COc4ccc(C(C)=O)cc4OC)CC3)nn2)c1. The molecule has 0 N–H and O–H groups in total. The smallest absolute Gasteiger partial charge is 0.260 e. The highest BCUT2D eigenvalue weighted by molar-refractivity contribution is 5.94. The Kier molecular flexibility index (Phi) is 8.07. The number of Topliss-reactive ketones (excluding diaryl/α,β-unsaturated/α-hetero) is 1. The Labute approximate surface area is 215 Å². The average Bonchev–Trinajstić information content (AvgIpc) is 2.95. The zero-order valence-electron chi connectivity index (χ0n) is 21.4. The standard InChI is InChI=1S/C27H30N4O6/c1-18(32)19-5-8-24(25(15-19)36-4)37-17-27(33)31-13-11-30(12-14-31)26-10-7-22(28-29-26)21-16-20(34-2)6-9-23(21)35-3/h5-10,15-16H,11-14,17H2,1-4H3. The molecule has 1 aliphatic heterocycles. The molecule has 194 valence electrons. The third-order valence-corrected chi connectivity index (χ3v) is 6.21. The highest BCUT2D eigenvalue weighted by Gasteiger charge is 2.23. The van der Waals surface area contributed by atoms with Crippen LogP contribution < -0.4 is 23.8 Å². The van der Waals surface area contributed by atoms with E-state index in [1.807, 2.05) is 30.3 Å². The van der Waals surface area contributed by atoms with E-state index in [1.165, 1.54) is 14.0 Å². The summed E-state index contributed by atoms with van der Waals surface area (Å²) < 4.78 is 21.8. The number of hydrogen-bond acceptors (Lipinski definition) is 9. The molecule has 37 heavy (non-hydrogen) atoms. The van der Waals surface area contributed by atoms with Crippen LogP contribution in [-0.4, -0.2) is 80.9 Å². The number of rotatable bonds is 9. The number of carbonyl (C=O) groups is 2. The summed E-state index contributed by atoms with van der Waals surface area (Å²) in [6.45, 7) is 3.69. The molecular weight excluding hydrogens is 476 g/mol. The quantitative estimate of drug-likeness (QED) is 0.405. The first kappa shape index (κ1) is 25.7. The van der Waals surface area contributed by atoms with Gasteiger partial charge in [-0.15, -0.1) is 10.2 Å². The van der Waals surface area contributed by atoms with Crippen molar-refractivity contribution in [2.75, 3.05) is 59.0 Å². The molecule has 0 aliphatic carbocycles. The van der Waals surface area contributed by atoms with Gasteiger partial charge in [-0.2, -0.15) is 0 Å². The van der Waals surface area contributed by atoms with E-state index in [2.05, 4.69) is 15.1 Å². The van der Waals surface area contributed by atoms with E-state index in [0.29, 0.717) is 60.4 Å². The van der Waals surface area contributed by atoms with Gasteiger partial charge in [0.25, 0.3) is 5.91 Å². The van der Waals surface area contributed by atoms with Crippen molar-refractivity contribution in [2.24, 2.45) is 0 Å². The van der Waals surface area contributed by atoms with Gasteiger partial charge in [-0.3, -0.25) is 9.59 Å². The van der Waals surface area contributed by atoms with Crippen LogP contribution >= 0.6 is 0 Å². The normalized spacial score (nSPS) is 13.2. The number of piperazine rings is 1. The fourth-order valence-electron chi connectivity index (χ4n) is 4.07. The molecule has 0 unspecified atom stereocenters. The lowest BCUT2D eigenvalue weighted by molar-refractivity contribution is -0.133. The molecule has 10 nitrogen and oxygen atoms in total. The van der Waals surface area contributed by atoms with Gasteiger partial charge in [-0.05, 0) is 55.5 Å². The van der Waals surface area contributed by atoms with E-state index in [0.717, 1.165) is 11.4 Å². The zero-order valence-corrected chi connectivity index (χ0v) is 21.4. The Morgan fingerprint density at radius 3 is 2.16 bits per heavy atom. The number of methoxy groups -OCH3 is 3. The molecule has 1 amide bonds. The van der Waals surface area contributed by atoms with Gasteiger partial charge in [-0.25, -0.2) is 0 Å². The Hall–Kier alpha value is -4.34. The average molecular weight is 507 g/mol. The van der Waals surface area contributed by atoms with E-state index >= 15 is 0 Å². The molecule has 4 rings (SSSR count). The molecule has 2 heterocycles. The predicted molar refractivity (Wildman–Crippen MR) is 138 cm³/mol. The number of anilines is 1. The number of nitrogens with zero attached hydrogens (tertiary/aromatic N) is 4. The third kappa shape index (κ3) is 5.91. The molecule has 1 aliphatic rings. The van der Waals surface area contributed by atoms with E-state index in [-0.39, 0.29) is 18.3 Å². The van der Waals surface area contributed by atoms with Gasteiger partial charge >= 0.3 is 0 Å². The van der Waals surface area contributed by atoms with Gasteiger partial charge in [0.1, 0.15) is 11.5 Å². The number of carbonyl (C=O) groups excluding carboxylic acids is 2. The van der Waals surface area contributed by atoms with Crippen LogP contribution in [0.3, 0.4) is 0 Å². The van der Waals surface area contributed by atoms with Crippen LogP contribution in [0.2, 0.25) is 0 Å². The minimum atomic E-state index is -0.121. The Bertz CT molecular complexity index is 1260. The van der Waals surface area contributed by atoms with Gasteiger partial charge < -0.3 is 28.7 Å². The maximum absolute atomic E-state index is 12.7. The Morgan fingerprint density at radius 2 is 1.54 bits per heavy atom. The molecule has 3 aromatic rings. The zero-order chi connectivity index (χ0) is 26.4. The first-order chi connectivity index (χ1) is 17.9. The number of ether oxygens (including phenoxy) is 4. The van der Waals surface area contributed by atoms with Crippen molar-refractivity contribution < 1.29 is 28.5 Å². The van der Waals surface area contributed by atoms with Gasteiger partial charge in [0, 0.05) is 37.3 Å². The van der Waals surface area contributed by atoms with Crippen LogP contribution in [-0.2, 0) is 4.79 Å². The van der Waals surface area contributed by atoms with Gasteiger partial charge in [0.15, 0.2) is 29.7 Å². The van der Waals surface area contributed by atoms with Crippen molar-refractivity contribution in [3.05, 3.63) is 54.1 Å². The number of aromatic nitrogens is 2. The van der Waals surface area contributed by atoms with Crippen LogP contribution in [0.1, 0.15) is 17.3 Å². The summed E-state index contributed by atoms with van der Waals surface area (Å²) in [5, 5.41) is 8.81. The van der Waals surface area contributed by atoms with Gasteiger partial charge in [0.05, 0.1) is 27.0 Å². The van der Waals surface area contributed by atoms with Crippen LogP contribution in [0.25, 0.3) is 11.3 Å². The molecule has 1 fully saturated rings. The number of hydrogen-bond donors (Lipinski definition) is 0. The van der Waals surface area contributed by atoms with E-state index < -0.39 is 0 Å². The second kappa shape index (κ2) is 11.6. The molecule has 2 aromatic carbocycles. The van der Waals surface area contributed by atoms with Crippen LogP contribution in [0.5, 0.6) is 23.0 Å². The molecule has 0 spiro atoms. The lowest BCUT2D eigenvalue weighted by Gasteiger charge is -2.35. The monoisotopic (exact) mass is 506 g/mol. The third-order valence-electron chi connectivity index (χ3n) is 6.21. The highest BCUT2D eigenvalue weighted by atomic mass is 16.5. The summed E-state index contributed by atoms with van der Waals surface area (Å²) in [7, 11) is 4.72. The second-order valence-corrected chi connectivity index (χ2v) is 8.42. The highest BCUT2D eigenvalue weighted by Crippen LogP contribution is 2.32. The molecule has 0 radical (unpaired) electrons. The predicted octanol–water partition coefficient (Wildman–Crippen LogP) is 3.10. The van der Waals surface area contributed by atoms with Gasteiger partial charge in [0.2, 0.25) is 0 Å². The minimum Gasteiger partial charge on any atom is -0.497 e. The topological polar surface area (TPSA) is 103 Å². The molecule has 0 bridgehead atoms. The summed E-state index contributed by atoms with van der Waals surface area (Å²) in [5.41, 5.74) is 1.99. The molecule has 0 saturated carbocycles. The van der Waals surface area contributed by atoms with Crippen molar-refractivity contribution >= 4 is 17.5 Å². The summed E-state index contributed by atoms with van der Waals surface area (Å²) in [5.74, 6) is 2.77. The van der Waals surface area contributed by atoms with Crippen LogP contribution in [0.15, 0.2) is 48.5 Å². The molecular formula is C27H30N4O6. The first-order valence-corrected chi connectivity index (χ1v) is 11.8. The number of benzene rings is 2. The summed E-state index contributed by atoms with van der Waals surface area (Å²) in [4.78, 5) is 28.2. The van der Waals surface area contributed by atoms with E-state index in [1.54, 1.807) is 37.3 Å². The maximum atomic E-state index is 12.7. The molecule has 1 aromatic heterocycles. The maximum Gasteiger partial charge on any atom is 0.260 e. The summed E-state index contributed by atoms with van der Waals surface area (Å²) in [6.07, 6.45) is 0. The van der Waals surface area contributed by atoms with E-state index in [9.17, 15) is 9.59 Å². The van der Waals surface area contributed by atoms with Crippen molar-refractivity contribution in [3.8, 4) is 34.3 Å². The van der Waals surface area contributed by atoms with Crippen molar-refractivity contribution in [1.29, 1.82) is 0 Å². The molecule has 1 saturated heterocycles. The lowest BCUT2D eigenvalue weighted by Crippen LogP contribution is -2.50. The Morgan fingerprint density at radius 1 is 0.811 bits per heavy atom. The molecule has 0 atom stereocenters. The second-order valence-electron chi connectivity index (χ2n) is 8.42. The first-order valence-electron chi connectivity index (χ1n) is 11.8. The minimum absolute atomic E-state index is 0.0712.